The molecule has 0 saturated carbocycles. The van der Waals surface area contributed by atoms with Gasteiger partial charge in [0.1, 0.15) is 0 Å². The topological polar surface area (TPSA) is 24.5 Å². The number of ether oxygens (including phenoxy) is 1. The molecule has 0 spiro atoms. The molecule has 14 heavy (non-hydrogen) atoms. The Bertz CT molecular complexity index is 148. The third-order valence-corrected chi connectivity index (χ3v) is 2.33. The van der Waals surface area contributed by atoms with Crippen LogP contribution in [0.2, 0.25) is 0 Å². The lowest BCUT2D eigenvalue weighted by atomic mass is 10.2. The molecule has 0 radical (unpaired) electrons. The largest absolute Gasteiger partial charge is 0.374 e. The van der Waals surface area contributed by atoms with Crippen molar-refractivity contribution in [1.82, 2.24) is 10.4 Å². The third-order valence-electron chi connectivity index (χ3n) is 2.33. The summed E-state index contributed by atoms with van der Waals surface area (Å²) in [4.78, 5) is 0. The fourth-order valence-corrected chi connectivity index (χ4v) is 1.61. The SMILES string of the molecule is CC(C)(C)OCCNN1CCCCC1. The second kappa shape index (κ2) is 5.69. The summed E-state index contributed by atoms with van der Waals surface area (Å²) < 4.78 is 5.63. The van der Waals surface area contributed by atoms with Gasteiger partial charge in [-0.3, -0.25) is 5.43 Å². The summed E-state index contributed by atoms with van der Waals surface area (Å²) >= 11 is 0. The summed E-state index contributed by atoms with van der Waals surface area (Å²) in [6.45, 7) is 10.4. The van der Waals surface area contributed by atoms with E-state index in [9.17, 15) is 0 Å². The van der Waals surface area contributed by atoms with Gasteiger partial charge in [-0.2, -0.15) is 0 Å². The van der Waals surface area contributed by atoms with Crippen LogP contribution in [0, 0.1) is 0 Å². The van der Waals surface area contributed by atoms with Crippen LogP contribution in [0.25, 0.3) is 0 Å². The van der Waals surface area contributed by atoms with Crippen molar-refractivity contribution in [2.75, 3.05) is 26.2 Å². The van der Waals surface area contributed by atoms with Crippen molar-refractivity contribution >= 4 is 0 Å². The number of hydrogen-bond donors (Lipinski definition) is 1. The monoisotopic (exact) mass is 200 g/mol. The Hall–Kier alpha value is -0.120. The summed E-state index contributed by atoms with van der Waals surface area (Å²) in [5.74, 6) is 0. The van der Waals surface area contributed by atoms with Gasteiger partial charge in [0.15, 0.2) is 0 Å². The van der Waals surface area contributed by atoms with Gasteiger partial charge in [-0.05, 0) is 33.6 Å². The molecular formula is C11H24N2O. The fourth-order valence-electron chi connectivity index (χ4n) is 1.61. The molecule has 0 bridgehead atoms. The zero-order valence-corrected chi connectivity index (χ0v) is 9.81. The predicted molar refractivity (Wildman–Crippen MR) is 59.1 cm³/mol. The number of piperidine rings is 1. The molecule has 0 atom stereocenters. The Labute approximate surface area is 87.8 Å². The van der Waals surface area contributed by atoms with Crippen LogP contribution in [0.5, 0.6) is 0 Å². The van der Waals surface area contributed by atoms with Crippen LogP contribution < -0.4 is 5.43 Å². The molecule has 3 heteroatoms. The Morgan fingerprint density at radius 3 is 2.36 bits per heavy atom. The molecule has 1 aliphatic rings. The van der Waals surface area contributed by atoms with Crippen molar-refractivity contribution in [3.8, 4) is 0 Å². The molecule has 1 heterocycles. The van der Waals surface area contributed by atoms with Crippen molar-refractivity contribution in [3.05, 3.63) is 0 Å². The first-order chi connectivity index (χ1) is 6.58. The van der Waals surface area contributed by atoms with Crippen molar-refractivity contribution in [2.24, 2.45) is 0 Å². The highest BCUT2D eigenvalue weighted by atomic mass is 16.5. The lowest BCUT2D eigenvalue weighted by Crippen LogP contribution is -2.43. The van der Waals surface area contributed by atoms with Crippen molar-refractivity contribution in [1.29, 1.82) is 0 Å². The molecule has 1 N–H and O–H groups in total. The molecule has 0 unspecified atom stereocenters. The second-order valence-electron chi connectivity index (χ2n) is 4.92. The number of rotatable bonds is 4. The van der Waals surface area contributed by atoms with E-state index in [1.807, 2.05) is 0 Å². The molecule has 0 aromatic heterocycles. The summed E-state index contributed by atoms with van der Waals surface area (Å²) in [5, 5.41) is 2.32. The van der Waals surface area contributed by atoms with E-state index in [-0.39, 0.29) is 5.60 Å². The lowest BCUT2D eigenvalue weighted by molar-refractivity contribution is -0.00911. The molecule has 0 aromatic carbocycles. The highest BCUT2D eigenvalue weighted by Crippen LogP contribution is 2.07. The summed E-state index contributed by atoms with van der Waals surface area (Å²) in [6, 6.07) is 0. The van der Waals surface area contributed by atoms with E-state index in [2.05, 4.69) is 31.2 Å². The van der Waals surface area contributed by atoms with E-state index in [0.717, 1.165) is 13.2 Å². The minimum Gasteiger partial charge on any atom is -0.374 e. The molecule has 1 aliphatic heterocycles. The maximum atomic E-state index is 5.63. The van der Waals surface area contributed by atoms with Gasteiger partial charge in [-0.15, -0.1) is 0 Å². The zero-order valence-electron chi connectivity index (χ0n) is 9.81. The quantitative estimate of drug-likeness (QED) is 0.700. The summed E-state index contributed by atoms with van der Waals surface area (Å²) in [6.07, 6.45) is 4.04. The summed E-state index contributed by atoms with van der Waals surface area (Å²) in [5.41, 5.74) is 3.39. The summed E-state index contributed by atoms with van der Waals surface area (Å²) in [7, 11) is 0. The number of hydrogen-bond acceptors (Lipinski definition) is 3. The molecule has 1 fully saturated rings. The zero-order chi connectivity index (χ0) is 10.4. The van der Waals surface area contributed by atoms with Crippen molar-refractivity contribution in [3.63, 3.8) is 0 Å². The maximum Gasteiger partial charge on any atom is 0.0612 e. The smallest absolute Gasteiger partial charge is 0.0612 e. The average molecular weight is 200 g/mol. The van der Waals surface area contributed by atoms with Gasteiger partial charge < -0.3 is 4.74 Å². The van der Waals surface area contributed by atoms with Gasteiger partial charge in [0.2, 0.25) is 0 Å². The molecule has 84 valence electrons. The number of hydrazine groups is 1. The fraction of sp³-hybridized carbons (Fsp3) is 1.00. The minimum atomic E-state index is -0.0103. The van der Waals surface area contributed by atoms with Crippen LogP contribution in [0.3, 0.4) is 0 Å². The van der Waals surface area contributed by atoms with E-state index >= 15 is 0 Å². The number of nitrogens with zero attached hydrogens (tertiary/aromatic N) is 1. The molecule has 0 aromatic rings. The van der Waals surface area contributed by atoms with Crippen LogP contribution >= 0.6 is 0 Å². The Morgan fingerprint density at radius 2 is 1.79 bits per heavy atom. The van der Waals surface area contributed by atoms with E-state index < -0.39 is 0 Å². The van der Waals surface area contributed by atoms with Crippen LogP contribution in [0.1, 0.15) is 40.0 Å². The number of nitrogens with one attached hydrogen (secondary N) is 1. The highest BCUT2D eigenvalue weighted by molar-refractivity contribution is 4.62. The predicted octanol–water partition coefficient (Wildman–Crippen LogP) is 1.79. The van der Waals surface area contributed by atoms with Gasteiger partial charge in [-0.25, -0.2) is 5.01 Å². The first kappa shape index (κ1) is 12.0. The van der Waals surface area contributed by atoms with Crippen LogP contribution in [-0.2, 0) is 4.74 Å². The molecule has 0 aliphatic carbocycles. The molecule has 1 rings (SSSR count). The van der Waals surface area contributed by atoms with E-state index in [4.69, 9.17) is 4.74 Å². The molecule has 3 nitrogen and oxygen atoms in total. The highest BCUT2D eigenvalue weighted by Gasteiger charge is 2.11. The Morgan fingerprint density at radius 1 is 1.14 bits per heavy atom. The molecular weight excluding hydrogens is 176 g/mol. The Balaban J connectivity index is 1.97. The van der Waals surface area contributed by atoms with Crippen molar-refractivity contribution < 1.29 is 4.74 Å². The first-order valence-corrected chi connectivity index (χ1v) is 5.70. The van der Waals surface area contributed by atoms with E-state index in [1.165, 1.54) is 32.4 Å². The third kappa shape index (κ3) is 5.58. The molecule has 1 saturated heterocycles. The van der Waals surface area contributed by atoms with Crippen LogP contribution in [-0.4, -0.2) is 36.9 Å². The van der Waals surface area contributed by atoms with Crippen molar-refractivity contribution in [2.45, 2.75) is 45.6 Å². The first-order valence-electron chi connectivity index (χ1n) is 5.70. The van der Waals surface area contributed by atoms with Gasteiger partial charge in [-0.1, -0.05) is 6.42 Å². The average Bonchev–Trinajstić information content (AvgIpc) is 2.13. The minimum absolute atomic E-state index is 0.0103. The van der Waals surface area contributed by atoms with Gasteiger partial charge in [0.05, 0.1) is 12.2 Å². The van der Waals surface area contributed by atoms with Crippen LogP contribution in [0.15, 0.2) is 0 Å². The van der Waals surface area contributed by atoms with E-state index in [1.54, 1.807) is 0 Å². The van der Waals surface area contributed by atoms with E-state index in [0.29, 0.717) is 0 Å². The molecule has 0 amide bonds. The lowest BCUT2D eigenvalue weighted by Gasteiger charge is -2.28. The van der Waals surface area contributed by atoms with Gasteiger partial charge in [0.25, 0.3) is 0 Å². The maximum absolute atomic E-state index is 5.63. The normalized spacial score (nSPS) is 19.9. The van der Waals surface area contributed by atoms with Gasteiger partial charge in [0, 0.05) is 19.6 Å². The van der Waals surface area contributed by atoms with Crippen LogP contribution in [0.4, 0.5) is 0 Å². The van der Waals surface area contributed by atoms with Gasteiger partial charge >= 0.3 is 0 Å². The second-order valence-corrected chi connectivity index (χ2v) is 4.92. The standard InChI is InChI=1S/C11H24N2O/c1-11(2,3)14-10-7-12-13-8-5-4-6-9-13/h12H,4-10H2,1-3H3. The Kier molecular flexibility index (Phi) is 4.85.